The second kappa shape index (κ2) is 4.73. The Morgan fingerprint density at radius 2 is 1.78 bits per heavy atom. The van der Waals surface area contributed by atoms with Crippen molar-refractivity contribution in [3.05, 3.63) is 57.7 Å². The third-order valence-corrected chi connectivity index (χ3v) is 4.26. The van der Waals surface area contributed by atoms with E-state index in [4.69, 9.17) is 0 Å². The first-order chi connectivity index (χ1) is 8.72. The number of pyridine rings is 1. The lowest BCUT2D eigenvalue weighted by molar-refractivity contribution is 0.768. The Bertz CT molecular complexity index is 555. The zero-order valence-corrected chi connectivity index (χ0v) is 11.9. The Morgan fingerprint density at radius 1 is 1.11 bits per heavy atom. The van der Waals surface area contributed by atoms with E-state index < -0.39 is 0 Å². The van der Waals surface area contributed by atoms with E-state index in [1.165, 1.54) is 11.1 Å². The molecule has 1 aliphatic rings. The Kier molecular flexibility index (Phi) is 3.08. The molecule has 0 amide bonds. The highest BCUT2D eigenvalue weighted by Gasteiger charge is 2.20. The highest BCUT2D eigenvalue weighted by Crippen LogP contribution is 2.24. The maximum absolute atomic E-state index is 4.54. The molecule has 18 heavy (non-hydrogen) atoms. The topological polar surface area (TPSA) is 24.9 Å². The fourth-order valence-corrected chi connectivity index (χ4v) is 2.72. The number of rotatable bonds is 2. The first-order valence-corrected chi connectivity index (χ1v) is 6.98. The summed E-state index contributed by atoms with van der Waals surface area (Å²) in [5.74, 6) is 0.966. The summed E-state index contributed by atoms with van der Waals surface area (Å²) >= 11 is 3.48. The van der Waals surface area contributed by atoms with E-state index in [1.807, 2.05) is 19.1 Å². The van der Waals surface area contributed by atoms with E-state index in [9.17, 15) is 0 Å². The molecule has 1 aromatic heterocycles. The van der Waals surface area contributed by atoms with Gasteiger partial charge < -0.3 is 5.32 Å². The Hall–Kier alpha value is -1.35. The molecular weight excluding hydrogens is 288 g/mol. The van der Waals surface area contributed by atoms with Gasteiger partial charge in [-0.05, 0) is 59.0 Å². The molecule has 2 aromatic rings. The van der Waals surface area contributed by atoms with Gasteiger partial charge in [-0.1, -0.05) is 24.3 Å². The third-order valence-electron chi connectivity index (χ3n) is 3.42. The van der Waals surface area contributed by atoms with E-state index >= 15 is 0 Å². The van der Waals surface area contributed by atoms with E-state index in [0.29, 0.717) is 6.04 Å². The highest BCUT2D eigenvalue weighted by molar-refractivity contribution is 9.10. The molecule has 0 atom stereocenters. The number of nitrogens with zero attached hydrogens (tertiary/aromatic N) is 1. The molecule has 0 saturated carbocycles. The number of fused-ring (bicyclic) bond motifs is 1. The van der Waals surface area contributed by atoms with Gasteiger partial charge in [0.25, 0.3) is 0 Å². The molecule has 0 unspecified atom stereocenters. The fourth-order valence-electron chi connectivity index (χ4n) is 2.49. The van der Waals surface area contributed by atoms with Gasteiger partial charge in [-0.2, -0.15) is 0 Å². The van der Waals surface area contributed by atoms with E-state index in [0.717, 1.165) is 28.8 Å². The Morgan fingerprint density at radius 3 is 2.39 bits per heavy atom. The van der Waals surface area contributed by atoms with Crippen LogP contribution in [0.5, 0.6) is 0 Å². The second-order valence-corrected chi connectivity index (χ2v) is 5.64. The molecule has 1 aromatic carbocycles. The molecule has 0 aliphatic heterocycles. The molecule has 0 radical (unpaired) electrons. The molecule has 0 fully saturated rings. The fraction of sp³-hybridized carbons (Fsp3) is 0.267. The van der Waals surface area contributed by atoms with Crippen LogP contribution in [0.25, 0.3) is 0 Å². The second-order valence-electron chi connectivity index (χ2n) is 4.78. The van der Waals surface area contributed by atoms with Crippen molar-refractivity contribution in [2.24, 2.45) is 0 Å². The lowest BCUT2D eigenvalue weighted by Crippen LogP contribution is -2.20. The number of halogens is 1. The third kappa shape index (κ3) is 2.27. The standard InChI is InChI=1S/C15H15BrN2/c1-10-14(16)6-7-15(17-10)18-13-8-11-4-2-3-5-12(11)9-13/h2-7,13H,8-9H2,1H3,(H,17,18). The lowest BCUT2D eigenvalue weighted by atomic mass is 10.1. The Balaban J connectivity index is 1.74. The van der Waals surface area contributed by atoms with Crippen molar-refractivity contribution >= 4 is 21.7 Å². The molecule has 0 bridgehead atoms. The Labute approximate surface area is 116 Å². The number of anilines is 1. The van der Waals surface area contributed by atoms with Crippen LogP contribution in [0.3, 0.4) is 0 Å². The zero-order chi connectivity index (χ0) is 12.5. The summed E-state index contributed by atoms with van der Waals surface area (Å²) in [5.41, 5.74) is 3.95. The summed E-state index contributed by atoms with van der Waals surface area (Å²) in [7, 11) is 0. The summed E-state index contributed by atoms with van der Waals surface area (Å²) in [6, 6.07) is 13.2. The number of hydrogen-bond donors (Lipinski definition) is 1. The van der Waals surface area contributed by atoms with E-state index in [2.05, 4.69) is 50.5 Å². The van der Waals surface area contributed by atoms with Gasteiger partial charge in [-0.3, -0.25) is 0 Å². The van der Waals surface area contributed by atoms with Crippen LogP contribution in [0.1, 0.15) is 16.8 Å². The van der Waals surface area contributed by atoms with Crippen LogP contribution < -0.4 is 5.32 Å². The van der Waals surface area contributed by atoms with Crippen molar-refractivity contribution in [1.82, 2.24) is 4.98 Å². The van der Waals surface area contributed by atoms with Crippen LogP contribution in [-0.4, -0.2) is 11.0 Å². The van der Waals surface area contributed by atoms with Crippen molar-refractivity contribution in [2.75, 3.05) is 5.32 Å². The van der Waals surface area contributed by atoms with Crippen LogP contribution in [0, 0.1) is 6.92 Å². The average Bonchev–Trinajstić information content (AvgIpc) is 2.76. The monoisotopic (exact) mass is 302 g/mol. The number of benzene rings is 1. The first kappa shape index (κ1) is 11.7. The van der Waals surface area contributed by atoms with Gasteiger partial charge in [-0.25, -0.2) is 4.98 Å². The first-order valence-electron chi connectivity index (χ1n) is 6.19. The molecule has 3 rings (SSSR count). The highest BCUT2D eigenvalue weighted by atomic mass is 79.9. The van der Waals surface area contributed by atoms with Crippen molar-refractivity contribution < 1.29 is 0 Å². The predicted octanol–water partition coefficient (Wildman–Crippen LogP) is 3.73. The minimum Gasteiger partial charge on any atom is -0.367 e. The maximum atomic E-state index is 4.54. The number of hydrogen-bond acceptors (Lipinski definition) is 2. The van der Waals surface area contributed by atoms with Crippen molar-refractivity contribution in [2.45, 2.75) is 25.8 Å². The van der Waals surface area contributed by atoms with Gasteiger partial charge in [-0.15, -0.1) is 0 Å². The van der Waals surface area contributed by atoms with Crippen molar-refractivity contribution in [3.8, 4) is 0 Å². The molecule has 3 heteroatoms. The van der Waals surface area contributed by atoms with Gasteiger partial charge >= 0.3 is 0 Å². The average molecular weight is 303 g/mol. The maximum Gasteiger partial charge on any atom is 0.126 e. The van der Waals surface area contributed by atoms with Gasteiger partial charge in [0.2, 0.25) is 0 Å². The van der Waals surface area contributed by atoms with Crippen LogP contribution in [0.4, 0.5) is 5.82 Å². The lowest BCUT2D eigenvalue weighted by Gasteiger charge is -2.13. The number of aromatic nitrogens is 1. The summed E-state index contributed by atoms with van der Waals surface area (Å²) in [5, 5.41) is 3.52. The predicted molar refractivity (Wildman–Crippen MR) is 77.9 cm³/mol. The van der Waals surface area contributed by atoms with Crippen LogP contribution in [0.15, 0.2) is 40.9 Å². The molecular formula is C15H15BrN2. The smallest absolute Gasteiger partial charge is 0.126 e. The van der Waals surface area contributed by atoms with Gasteiger partial charge in [0.15, 0.2) is 0 Å². The largest absolute Gasteiger partial charge is 0.367 e. The van der Waals surface area contributed by atoms with Crippen LogP contribution >= 0.6 is 15.9 Å². The number of nitrogens with one attached hydrogen (secondary N) is 1. The SMILES string of the molecule is Cc1nc(NC2Cc3ccccc3C2)ccc1Br. The van der Waals surface area contributed by atoms with E-state index in [-0.39, 0.29) is 0 Å². The molecule has 1 aliphatic carbocycles. The zero-order valence-electron chi connectivity index (χ0n) is 10.3. The van der Waals surface area contributed by atoms with Gasteiger partial charge in [0.05, 0.1) is 5.69 Å². The van der Waals surface area contributed by atoms with Crippen molar-refractivity contribution in [3.63, 3.8) is 0 Å². The summed E-state index contributed by atoms with van der Waals surface area (Å²) < 4.78 is 1.06. The molecule has 1 heterocycles. The van der Waals surface area contributed by atoms with E-state index in [1.54, 1.807) is 0 Å². The quantitative estimate of drug-likeness (QED) is 0.914. The molecule has 92 valence electrons. The summed E-state index contributed by atoms with van der Waals surface area (Å²) in [6.45, 7) is 2.01. The van der Waals surface area contributed by atoms with Crippen LogP contribution in [-0.2, 0) is 12.8 Å². The summed E-state index contributed by atoms with van der Waals surface area (Å²) in [4.78, 5) is 4.54. The summed E-state index contributed by atoms with van der Waals surface area (Å²) in [6.07, 6.45) is 2.18. The molecule has 1 N–H and O–H groups in total. The van der Waals surface area contributed by atoms with Crippen LogP contribution in [0.2, 0.25) is 0 Å². The minimum atomic E-state index is 0.468. The normalized spacial score (nSPS) is 14.6. The molecule has 0 spiro atoms. The van der Waals surface area contributed by atoms with Crippen molar-refractivity contribution in [1.29, 1.82) is 0 Å². The van der Waals surface area contributed by atoms with Gasteiger partial charge in [0.1, 0.15) is 5.82 Å². The molecule has 0 saturated heterocycles. The minimum absolute atomic E-state index is 0.468. The molecule has 2 nitrogen and oxygen atoms in total. The van der Waals surface area contributed by atoms with Gasteiger partial charge in [0, 0.05) is 10.5 Å². The number of aryl methyl sites for hydroxylation is 1.